The van der Waals surface area contributed by atoms with Crippen LogP contribution in [0.25, 0.3) is 0 Å². The molecule has 0 aromatic rings. The number of piperidine rings is 1. The maximum absolute atomic E-state index is 12.1. The minimum atomic E-state index is -0.446. The van der Waals surface area contributed by atoms with Crippen LogP contribution in [0.2, 0.25) is 0 Å². The van der Waals surface area contributed by atoms with Gasteiger partial charge in [0.1, 0.15) is 5.60 Å². The van der Waals surface area contributed by atoms with Gasteiger partial charge >= 0.3 is 6.09 Å². The first-order chi connectivity index (χ1) is 10.2. The molecule has 5 heteroatoms. The van der Waals surface area contributed by atoms with Crippen molar-refractivity contribution in [2.75, 3.05) is 26.7 Å². The van der Waals surface area contributed by atoms with Gasteiger partial charge in [0.15, 0.2) is 0 Å². The maximum Gasteiger partial charge on any atom is 0.410 e. The normalized spacial score (nSPS) is 21.3. The number of likely N-dealkylation sites (N-methyl/N-ethyl adjacent to an activating group) is 1. The van der Waals surface area contributed by atoms with Crippen LogP contribution in [0.5, 0.6) is 0 Å². The molecule has 0 saturated carbocycles. The summed E-state index contributed by atoms with van der Waals surface area (Å²) in [6.07, 6.45) is 4.57. The molecular weight excluding hydrogens is 280 g/mol. The minimum Gasteiger partial charge on any atom is -0.444 e. The molecule has 124 valence electrons. The van der Waals surface area contributed by atoms with E-state index < -0.39 is 5.60 Å². The smallest absolute Gasteiger partial charge is 0.410 e. The van der Waals surface area contributed by atoms with Gasteiger partial charge in [-0.05, 0) is 45.6 Å². The van der Waals surface area contributed by atoms with Crippen molar-refractivity contribution in [3.63, 3.8) is 0 Å². The van der Waals surface area contributed by atoms with E-state index in [0.717, 1.165) is 30.5 Å². The highest BCUT2D eigenvalue weighted by molar-refractivity contribution is 5.68. The van der Waals surface area contributed by atoms with Crippen molar-refractivity contribution >= 4 is 6.09 Å². The van der Waals surface area contributed by atoms with Gasteiger partial charge in [-0.15, -0.1) is 0 Å². The summed E-state index contributed by atoms with van der Waals surface area (Å²) in [5.74, 6) is 0. The van der Waals surface area contributed by atoms with E-state index in [2.05, 4.69) is 18.0 Å². The van der Waals surface area contributed by atoms with Crippen molar-refractivity contribution in [3.05, 3.63) is 23.9 Å². The lowest BCUT2D eigenvalue weighted by molar-refractivity contribution is -0.0804. The second-order valence-corrected chi connectivity index (χ2v) is 7.10. The molecule has 0 aromatic heterocycles. The highest BCUT2D eigenvalue weighted by Gasteiger charge is 2.39. The highest BCUT2D eigenvalue weighted by Crippen LogP contribution is 2.35. The Morgan fingerprint density at radius 2 is 2.05 bits per heavy atom. The fourth-order valence-corrected chi connectivity index (χ4v) is 2.80. The number of nitrogens with one attached hydrogen (secondary N) is 1. The van der Waals surface area contributed by atoms with E-state index in [9.17, 15) is 4.79 Å². The van der Waals surface area contributed by atoms with E-state index in [0.29, 0.717) is 19.7 Å². The molecule has 0 bridgehead atoms. The molecule has 22 heavy (non-hydrogen) atoms. The Labute approximate surface area is 133 Å². The van der Waals surface area contributed by atoms with Crippen LogP contribution in [-0.4, -0.2) is 48.9 Å². The van der Waals surface area contributed by atoms with E-state index in [1.807, 2.05) is 27.8 Å². The second-order valence-electron chi connectivity index (χ2n) is 7.10. The SMILES string of the molecule is C=C(NC)C1=CCC2(CCN(C(=O)OC(C)(C)C)CC2)OC1. The summed E-state index contributed by atoms with van der Waals surface area (Å²) < 4.78 is 11.6. The fraction of sp³-hybridized carbons (Fsp3) is 0.706. The predicted octanol–water partition coefficient (Wildman–Crippen LogP) is 2.84. The Hall–Kier alpha value is -1.49. The van der Waals surface area contributed by atoms with Crippen LogP contribution in [0.1, 0.15) is 40.0 Å². The lowest BCUT2D eigenvalue weighted by atomic mass is 9.85. The summed E-state index contributed by atoms with van der Waals surface area (Å²) in [6, 6.07) is 0. The van der Waals surface area contributed by atoms with Crippen molar-refractivity contribution in [1.29, 1.82) is 0 Å². The summed E-state index contributed by atoms with van der Waals surface area (Å²) >= 11 is 0. The van der Waals surface area contributed by atoms with Crippen LogP contribution in [0.3, 0.4) is 0 Å². The number of hydrogen-bond donors (Lipinski definition) is 1. The van der Waals surface area contributed by atoms with Gasteiger partial charge in [0, 0.05) is 25.8 Å². The zero-order valence-corrected chi connectivity index (χ0v) is 14.2. The quantitative estimate of drug-likeness (QED) is 0.852. The first-order valence-electron chi connectivity index (χ1n) is 7.93. The number of carbonyl (C=O) groups is 1. The zero-order valence-electron chi connectivity index (χ0n) is 14.2. The van der Waals surface area contributed by atoms with Crippen LogP contribution >= 0.6 is 0 Å². The number of nitrogens with zero attached hydrogens (tertiary/aromatic N) is 1. The number of carbonyl (C=O) groups excluding carboxylic acids is 1. The van der Waals surface area contributed by atoms with Gasteiger partial charge in [0.25, 0.3) is 0 Å². The minimum absolute atomic E-state index is 0.129. The Morgan fingerprint density at radius 1 is 1.41 bits per heavy atom. The number of amides is 1. The van der Waals surface area contributed by atoms with Gasteiger partial charge in [-0.1, -0.05) is 12.7 Å². The third kappa shape index (κ3) is 4.03. The van der Waals surface area contributed by atoms with Gasteiger partial charge in [0.2, 0.25) is 0 Å². The third-order valence-electron chi connectivity index (χ3n) is 4.27. The fourth-order valence-electron chi connectivity index (χ4n) is 2.80. The molecule has 5 nitrogen and oxygen atoms in total. The Balaban J connectivity index is 1.89. The summed E-state index contributed by atoms with van der Waals surface area (Å²) in [7, 11) is 1.87. The number of hydrogen-bond acceptors (Lipinski definition) is 4. The molecule has 1 spiro atoms. The average Bonchev–Trinajstić information content (AvgIpc) is 2.46. The maximum atomic E-state index is 12.1. The van der Waals surface area contributed by atoms with Gasteiger partial charge in [-0.25, -0.2) is 4.79 Å². The monoisotopic (exact) mass is 308 g/mol. The number of likely N-dealkylation sites (tertiary alicyclic amines) is 1. The first kappa shape index (κ1) is 16.9. The van der Waals surface area contributed by atoms with Crippen LogP contribution in [0, 0.1) is 0 Å². The molecule has 2 aliphatic rings. The molecule has 1 amide bonds. The van der Waals surface area contributed by atoms with Gasteiger partial charge < -0.3 is 19.7 Å². The largest absolute Gasteiger partial charge is 0.444 e. The zero-order chi connectivity index (χ0) is 16.4. The molecule has 0 aliphatic carbocycles. The lowest BCUT2D eigenvalue weighted by Crippen LogP contribution is -2.50. The van der Waals surface area contributed by atoms with Crippen LogP contribution in [0.15, 0.2) is 23.9 Å². The van der Waals surface area contributed by atoms with E-state index >= 15 is 0 Å². The van der Waals surface area contributed by atoms with Gasteiger partial charge in [0.05, 0.1) is 12.2 Å². The molecule has 2 heterocycles. The molecule has 1 N–H and O–H groups in total. The number of rotatable bonds is 2. The molecular formula is C17H28N2O3. The molecule has 2 aliphatic heterocycles. The average molecular weight is 308 g/mol. The standard InChI is InChI=1S/C17H28N2O3/c1-13(18-5)14-6-7-17(21-12-14)8-10-19(11-9-17)15(20)22-16(2,3)4/h6,18H,1,7-12H2,2-5H3. The van der Waals surface area contributed by atoms with Crippen molar-refractivity contribution in [3.8, 4) is 0 Å². The summed E-state index contributed by atoms with van der Waals surface area (Å²) in [5, 5.41) is 3.06. The Morgan fingerprint density at radius 3 is 2.50 bits per heavy atom. The third-order valence-corrected chi connectivity index (χ3v) is 4.27. The van der Waals surface area contributed by atoms with E-state index in [4.69, 9.17) is 9.47 Å². The topological polar surface area (TPSA) is 50.8 Å². The second kappa shape index (κ2) is 6.32. The molecule has 0 atom stereocenters. The van der Waals surface area contributed by atoms with Crippen molar-refractivity contribution in [2.24, 2.45) is 0 Å². The first-order valence-corrected chi connectivity index (χ1v) is 7.93. The van der Waals surface area contributed by atoms with Crippen molar-refractivity contribution in [2.45, 2.75) is 51.2 Å². The highest BCUT2D eigenvalue weighted by atomic mass is 16.6. The molecule has 0 aromatic carbocycles. The predicted molar refractivity (Wildman–Crippen MR) is 86.6 cm³/mol. The van der Waals surface area contributed by atoms with E-state index in [1.54, 1.807) is 4.90 Å². The molecule has 0 radical (unpaired) electrons. The molecule has 1 saturated heterocycles. The summed E-state index contributed by atoms with van der Waals surface area (Å²) in [5.41, 5.74) is 1.47. The Bertz CT molecular complexity index is 469. The number of ether oxygens (including phenoxy) is 2. The lowest BCUT2D eigenvalue weighted by Gasteiger charge is -2.43. The summed E-state index contributed by atoms with van der Waals surface area (Å²) in [6.45, 7) is 11.6. The molecule has 1 fully saturated rings. The van der Waals surface area contributed by atoms with Crippen LogP contribution in [0.4, 0.5) is 4.79 Å². The summed E-state index contributed by atoms with van der Waals surface area (Å²) in [4.78, 5) is 13.9. The van der Waals surface area contributed by atoms with E-state index in [1.165, 1.54) is 0 Å². The molecule has 0 unspecified atom stereocenters. The molecule has 2 rings (SSSR count). The van der Waals surface area contributed by atoms with Gasteiger partial charge in [-0.3, -0.25) is 0 Å². The van der Waals surface area contributed by atoms with Crippen molar-refractivity contribution < 1.29 is 14.3 Å². The Kier molecular flexibility index (Phi) is 4.85. The van der Waals surface area contributed by atoms with E-state index in [-0.39, 0.29) is 11.7 Å². The van der Waals surface area contributed by atoms with Crippen LogP contribution < -0.4 is 5.32 Å². The van der Waals surface area contributed by atoms with Crippen LogP contribution in [-0.2, 0) is 9.47 Å². The van der Waals surface area contributed by atoms with Gasteiger partial charge in [-0.2, -0.15) is 0 Å². The van der Waals surface area contributed by atoms with Crippen molar-refractivity contribution in [1.82, 2.24) is 10.2 Å².